The number of pyridine rings is 1. The summed E-state index contributed by atoms with van der Waals surface area (Å²) in [6, 6.07) is 3.02. The zero-order valence-corrected chi connectivity index (χ0v) is 10.5. The lowest BCUT2D eigenvalue weighted by Gasteiger charge is -2.05. The molecule has 0 spiro atoms. The molecule has 0 saturated heterocycles. The lowest BCUT2D eigenvalue weighted by atomic mass is 10.2. The molecule has 0 N–H and O–H groups in total. The lowest BCUT2D eigenvalue weighted by Crippen LogP contribution is -2.07. The molecule has 0 aliphatic carbocycles. The number of unbranched alkanes of at least 4 members (excludes halogenated alkanes) is 2. The third-order valence-electron chi connectivity index (χ3n) is 2.02. The second kappa shape index (κ2) is 6.71. The Balaban J connectivity index is 2.53. The Morgan fingerprint density at radius 3 is 2.75 bits per heavy atom. The van der Waals surface area contributed by atoms with E-state index < -0.39 is 5.97 Å². The van der Waals surface area contributed by atoms with Gasteiger partial charge in [0.05, 0.1) is 12.2 Å². The predicted molar refractivity (Wildman–Crippen MR) is 64.1 cm³/mol. The molecule has 0 aromatic carbocycles. The minimum Gasteiger partial charge on any atom is -0.462 e. The maximum atomic E-state index is 11.6. The molecule has 0 radical (unpaired) electrons. The monoisotopic (exact) mass is 261 g/mol. The maximum absolute atomic E-state index is 11.6. The van der Waals surface area contributed by atoms with Crippen molar-refractivity contribution in [3.8, 4) is 0 Å². The van der Waals surface area contributed by atoms with Crippen LogP contribution in [0.5, 0.6) is 0 Å². The minimum atomic E-state index is -0.453. The molecule has 0 atom stereocenters. The fraction of sp³-hybridized carbons (Fsp3) is 0.455. The van der Waals surface area contributed by atoms with Gasteiger partial charge < -0.3 is 4.74 Å². The molecule has 1 aromatic rings. The van der Waals surface area contributed by atoms with Crippen LogP contribution in [-0.2, 0) is 4.74 Å². The summed E-state index contributed by atoms with van der Waals surface area (Å²) in [7, 11) is 0. The number of carbonyl (C=O) groups is 1. The molecule has 88 valence electrons. The van der Waals surface area contributed by atoms with Crippen LogP contribution in [0.2, 0.25) is 10.3 Å². The minimum absolute atomic E-state index is 0.0768. The van der Waals surface area contributed by atoms with Crippen molar-refractivity contribution in [2.75, 3.05) is 6.61 Å². The molecule has 1 rings (SSSR count). The smallest absolute Gasteiger partial charge is 0.341 e. The average Bonchev–Trinajstić information content (AvgIpc) is 2.24. The predicted octanol–water partition coefficient (Wildman–Crippen LogP) is 3.74. The van der Waals surface area contributed by atoms with E-state index in [0.717, 1.165) is 19.3 Å². The van der Waals surface area contributed by atoms with E-state index in [2.05, 4.69) is 11.9 Å². The van der Waals surface area contributed by atoms with Crippen molar-refractivity contribution in [3.05, 3.63) is 28.0 Å². The number of hydrogen-bond donors (Lipinski definition) is 0. The van der Waals surface area contributed by atoms with Crippen molar-refractivity contribution in [3.63, 3.8) is 0 Å². The molecule has 0 unspecified atom stereocenters. The second-order valence-electron chi connectivity index (χ2n) is 3.32. The summed E-state index contributed by atoms with van der Waals surface area (Å²) in [6.45, 7) is 2.49. The average molecular weight is 262 g/mol. The standard InChI is InChI=1S/C11H13Cl2NO2/c1-2-3-4-7-16-11(15)8-5-6-9(12)14-10(8)13/h5-6H,2-4,7H2,1H3. The quantitative estimate of drug-likeness (QED) is 0.461. The number of aromatic nitrogens is 1. The van der Waals surface area contributed by atoms with Crippen LogP contribution in [-0.4, -0.2) is 17.6 Å². The molecular weight excluding hydrogens is 249 g/mol. The molecule has 0 aliphatic rings. The van der Waals surface area contributed by atoms with E-state index in [9.17, 15) is 4.79 Å². The third-order valence-corrected chi connectivity index (χ3v) is 2.51. The number of hydrogen-bond acceptors (Lipinski definition) is 3. The highest BCUT2D eigenvalue weighted by Crippen LogP contribution is 2.17. The number of ether oxygens (including phenoxy) is 1. The van der Waals surface area contributed by atoms with Gasteiger partial charge in [-0.3, -0.25) is 0 Å². The van der Waals surface area contributed by atoms with Gasteiger partial charge in [-0.2, -0.15) is 0 Å². The lowest BCUT2D eigenvalue weighted by molar-refractivity contribution is 0.0498. The number of esters is 1. The zero-order valence-electron chi connectivity index (χ0n) is 9.00. The van der Waals surface area contributed by atoms with E-state index in [1.54, 1.807) is 0 Å². The first-order valence-corrected chi connectivity index (χ1v) is 5.90. The largest absolute Gasteiger partial charge is 0.462 e. The van der Waals surface area contributed by atoms with E-state index in [4.69, 9.17) is 27.9 Å². The van der Waals surface area contributed by atoms with E-state index in [1.165, 1.54) is 12.1 Å². The van der Waals surface area contributed by atoms with E-state index in [1.807, 2.05) is 0 Å². The Hall–Kier alpha value is -0.800. The molecule has 16 heavy (non-hydrogen) atoms. The molecule has 0 amide bonds. The first-order valence-electron chi connectivity index (χ1n) is 5.14. The SMILES string of the molecule is CCCCCOC(=O)c1ccc(Cl)nc1Cl. The van der Waals surface area contributed by atoms with Gasteiger partial charge in [-0.15, -0.1) is 0 Å². The van der Waals surface area contributed by atoms with Crippen molar-refractivity contribution < 1.29 is 9.53 Å². The highest BCUT2D eigenvalue weighted by Gasteiger charge is 2.12. The summed E-state index contributed by atoms with van der Waals surface area (Å²) in [4.78, 5) is 15.3. The number of carbonyl (C=O) groups excluding carboxylic acids is 1. The van der Waals surface area contributed by atoms with Gasteiger partial charge in [0.15, 0.2) is 0 Å². The number of nitrogens with zero attached hydrogens (tertiary/aromatic N) is 1. The van der Waals surface area contributed by atoms with Gasteiger partial charge in [-0.25, -0.2) is 9.78 Å². The van der Waals surface area contributed by atoms with Crippen LogP contribution in [0.1, 0.15) is 36.5 Å². The van der Waals surface area contributed by atoms with Crippen molar-refractivity contribution in [1.29, 1.82) is 0 Å². The van der Waals surface area contributed by atoms with E-state index >= 15 is 0 Å². The van der Waals surface area contributed by atoms with Crippen LogP contribution >= 0.6 is 23.2 Å². The van der Waals surface area contributed by atoms with Crippen molar-refractivity contribution in [1.82, 2.24) is 4.98 Å². The van der Waals surface area contributed by atoms with Gasteiger partial charge in [0.1, 0.15) is 10.3 Å². The third kappa shape index (κ3) is 3.99. The molecule has 0 fully saturated rings. The van der Waals surface area contributed by atoms with Crippen LogP contribution in [0.25, 0.3) is 0 Å². The summed E-state index contributed by atoms with van der Waals surface area (Å²) in [5, 5.41) is 0.334. The first-order chi connectivity index (χ1) is 7.65. The summed E-state index contributed by atoms with van der Waals surface area (Å²) in [5.74, 6) is -0.453. The molecule has 3 nitrogen and oxygen atoms in total. The normalized spacial score (nSPS) is 10.2. The Labute approximate surface area is 105 Å². The molecule has 0 bridgehead atoms. The summed E-state index contributed by atoms with van der Waals surface area (Å²) >= 11 is 11.4. The topological polar surface area (TPSA) is 39.2 Å². The molecule has 1 heterocycles. The Kier molecular flexibility index (Phi) is 5.56. The van der Waals surface area contributed by atoms with Crippen molar-refractivity contribution >= 4 is 29.2 Å². The molecule has 0 aliphatic heterocycles. The second-order valence-corrected chi connectivity index (χ2v) is 4.06. The summed E-state index contributed by atoms with van der Waals surface area (Å²) in [6.07, 6.45) is 2.99. The van der Waals surface area contributed by atoms with Gasteiger partial charge in [-0.05, 0) is 18.6 Å². The van der Waals surface area contributed by atoms with Gasteiger partial charge in [-0.1, -0.05) is 43.0 Å². The van der Waals surface area contributed by atoms with Gasteiger partial charge in [0.2, 0.25) is 0 Å². The van der Waals surface area contributed by atoms with Crippen LogP contribution in [0, 0.1) is 0 Å². The van der Waals surface area contributed by atoms with Crippen LogP contribution in [0.15, 0.2) is 12.1 Å². The first kappa shape index (κ1) is 13.3. The summed E-state index contributed by atoms with van der Waals surface area (Å²) in [5.41, 5.74) is 0.252. The molecule has 0 saturated carbocycles. The highest BCUT2D eigenvalue weighted by molar-refractivity contribution is 6.34. The molecular formula is C11H13Cl2NO2. The van der Waals surface area contributed by atoms with Crippen molar-refractivity contribution in [2.45, 2.75) is 26.2 Å². The molecule has 1 aromatic heterocycles. The van der Waals surface area contributed by atoms with E-state index in [0.29, 0.717) is 6.61 Å². The van der Waals surface area contributed by atoms with Gasteiger partial charge >= 0.3 is 5.97 Å². The zero-order chi connectivity index (χ0) is 12.0. The highest BCUT2D eigenvalue weighted by atomic mass is 35.5. The molecule has 5 heteroatoms. The Bertz CT molecular complexity index is 369. The van der Waals surface area contributed by atoms with Gasteiger partial charge in [0.25, 0.3) is 0 Å². The Morgan fingerprint density at radius 2 is 2.12 bits per heavy atom. The maximum Gasteiger partial charge on any atom is 0.341 e. The van der Waals surface area contributed by atoms with E-state index in [-0.39, 0.29) is 15.9 Å². The van der Waals surface area contributed by atoms with Gasteiger partial charge in [0, 0.05) is 0 Å². The van der Waals surface area contributed by atoms with Crippen LogP contribution in [0.3, 0.4) is 0 Å². The fourth-order valence-electron chi connectivity index (χ4n) is 1.16. The Morgan fingerprint density at radius 1 is 1.38 bits per heavy atom. The number of halogens is 2. The fourth-order valence-corrected chi connectivity index (χ4v) is 1.58. The number of rotatable bonds is 5. The summed E-state index contributed by atoms with van der Waals surface area (Å²) < 4.78 is 5.04. The van der Waals surface area contributed by atoms with Crippen molar-refractivity contribution in [2.24, 2.45) is 0 Å². The van der Waals surface area contributed by atoms with Crippen LogP contribution < -0.4 is 0 Å². The van der Waals surface area contributed by atoms with Crippen LogP contribution in [0.4, 0.5) is 0 Å².